The fourth-order valence-corrected chi connectivity index (χ4v) is 3.49. The zero-order chi connectivity index (χ0) is 14.5. The van der Waals surface area contributed by atoms with Crippen LogP contribution in [0.25, 0.3) is 0 Å². The van der Waals surface area contributed by atoms with Crippen LogP contribution in [0.3, 0.4) is 0 Å². The first-order valence-electron chi connectivity index (χ1n) is 7.14. The summed E-state index contributed by atoms with van der Waals surface area (Å²) in [4.78, 5) is 15.7. The molecule has 2 amide bonds. The van der Waals surface area contributed by atoms with Gasteiger partial charge in [-0.1, -0.05) is 6.07 Å². The highest BCUT2D eigenvalue weighted by molar-refractivity contribution is 7.10. The van der Waals surface area contributed by atoms with E-state index in [2.05, 4.69) is 43.2 Å². The van der Waals surface area contributed by atoms with E-state index in [1.165, 1.54) is 17.7 Å². The third kappa shape index (κ3) is 3.62. The largest absolute Gasteiger partial charge is 0.336 e. The summed E-state index contributed by atoms with van der Waals surface area (Å²) in [6.45, 7) is 2.82. The molecule has 6 nitrogen and oxygen atoms in total. The first kappa shape index (κ1) is 14.1. The van der Waals surface area contributed by atoms with Gasteiger partial charge in [0.25, 0.3) is 0 Å². The predicted molar refractivity (Wildman–Crippen MR) is 83.5 cm³/mol. The van der Waals surface area contributed by atoms with Gasteiger partial charge in [-0.15, -0.1) is 11.3 Å². The minimum Gasteiger partial charge on any atom is -0.336 e. The van der Waals surface area contributed by atoms with Gasteiger partial charge in [0.2, 0.25) is 0 Å². The van der Waals surface area contributed by atoms with Crippen LogP contribution >= 0.6 is 11.3 Å². The number of likely N-dealkylation sites (tertiary alicyclic amines) is 1. The minimum absolute atomic E-state index is 0.197. The summed E-state index contributed by atoms with van der Waals surface area (Å²) in [6, 6.07) is 4.28. The van der Waals surface area contributed by atoms with Gasteiger partial charge in [-0.25, -0.2) is 4.79 Å². The number of nitrogens with one attached hydrogen (secondary N) is 3. The van der Waals surface area contributed by atoms with Crippen molar-refractivity contribution >= 4 is 23.1 Å². The Hall–Kier alpha value is -1.86. The monoisotopic (exact) mass is 305 g/mol. The first-order chi connectivity index (χ1) is 10.3. The third-order valence-corrected chi connectivity index (χ3v) is 4.64. The predicted octanol–water partition coefficient (Wildman–Crippen LogP) is 2.43. The maximum absolute atomic E-state index is 11.9. The van der Waals surface area contributed by atoms with E-state index in [9.17, 15) is 4.79 Å². The molecule has 21 heavy (non-hydrogen) atoms. The lowest BCUT2D eigenvalue weighted by Crippen LogP contribution is -2.38. The Morgan fingerprint density at radius 1 is 1.48 bits per heavy atom. The van der Waals surface area contributed by atoms with Crippen molar-refractivity contribution in [2.24, 2.45) is 0 Å². The molecular weight excluding hydrogens is 286 g/mol. The maximum Gasteiger partial charge on any atom is 0.319 e. The highest BCUT2D eigenvalue weighted by Crippen LogP contribution is 2.27. The van der Waals surface area contributed by atoms with Crippen molar-refractivity contribution in [1.29, 1.82) is 0 Å². The highest BCUT2D eigenvalue weighted by atomic mass is 32.1. The molecule has 1 saturated heterocycles. The van der Waals surface area contributed by atoms with Crippen LogP contribution in [0.1, 0.15) is 23.8 Å². The number of hydrogen-bond acceptors (Lipinski definition) is 4. The smallest absolute Gasteiger partial charge is 0.319 e. The second kappa shape index (κ2) is 6.73. The topological polar surface area (TPSA) is 73.1 Å². The molecule has 3 heterocycles. The molecule has 2 aromatic rings. The Labute approximate surface area is 127 Å². The van der Waals surface area contributed by atoms with Crippen LogP contribution in [0.5, 0.6) is 0 Å². The van der Waals surface area contributed by atoms with Crippen LogP contribution in [0, 0.1) is 0 Å². The van der Waals surface area contributed by atoms with E-state index >= 15 is 0 Å². The third-order valence-electron chi connectivity index (χ3n) is 3.67. The standard InChI is InChI=1S/C14H19N5OS/c20-14(18-11-8-16-17-9-11)15-10-12(13-4-3-7-21-13)19-5-1-2-6-19/h3-4,7-9,12H,1-2,5-6,10H2,(H,16,17)(H2,15,18,20). The molecular formula is C14H19N5OS. The Kier molecular flexibility index (Phi) is 4.52. The average molecular weight is 305 g/mol. The molecule has 0 bridgehead atoms. The van der Waals surface area contributed by atoms with E-state index in [1.807, 2.05) is 0 Å². The molecule has 1 fully saturated rings. The molecule has 7 heteroatoms. The minimum atomic E-state index is -0.197. The SMILES string of the molecule is O=C(NCC(c1cccs1)N1CCCC1)Nc1cn[nH]c1. The van der Waals surface area contributed by atoms with E-state index < -0.39 is 0 Å². The van der Waals surface area contributed by atoms with Crippen molar-refractivity contribution < 1.29 is 4.79 Å². The number of nitrogens with zero attached hydrogens (tertiary/aromatic N) is 2. The molecule has 0 radical (unpaired) electrons. The van der Waals surface area contributed by atoms with Crippen molar-refractivity contribution in [3.63, 3.8) is 0 Å². The lowest BCUT2D eigenvalue weighted by Gasteiger charge is -2.26. The quantitative estimate of drug-likeness (QED) is 0.794. The summed E-state index contributed by atoms with van der Waals surface area (Å²) in [5.74, 6) is 0. The number of rotatable bonds is 5. The number of carbonyl (C=O) groups is 1. The number of anilines is 1. The first-order valence-corrected chi connectivity index (χ1v) is 8.02. The van der Waals surface area contributed by atoms with Gasteiger partial charge in [-0.2, -0.15) is 5.10 Å². The lowest BCUT2D eigenvalue weighted by atomic mass is 10.2. The lowest BCUT2D eigenvalue weighted by molar-refractivity contribution is 0.229. The number of aromatic amines is 1. The van der Waals surface area contributed by atoms with E-state index in [-0.39, 0.29) is 12.1 Å². The van der Waals surface area contributed by atoms with Gasteiger partial charge in [-0.3, -0.25) is 10.00 Å². The molecule has 0 spiro atoms. The number of urea groups is 1. The molecule has 0 saturated carbocycles. The van der Waals surface area contributed by atoms with Crippen LogP contribution in [-0.4, -0.2) is 40.8 Å². The van der Waals surface area contributed by atoms with E-state index in [4.69, 9.17) is 0 Å². The molecule has 1 aliphatic heterocycles. The summed E-state index contributed by atoms with van der Waals surface area (Å²) in [7, 11) is 0. The molecule has 0 aliphatic carbocycles. The van der Waals surface area contributed by atoms with Gasteiger partial charge >= 0.3 is 6.03 Å². The Balaban J connectivity index is 1.58. The fraction of sp³-hybridized carbons (Fsp3) is 0.429. The number of amides is 2. The summed E-state index contributed by atoms with van der Waals surface area (Å²) in [5, 5.41) is 14.3. The number of hydrogen-bond donors (Lipinski definition) is 3. The molecule has 2 aromatic heterocycles. The number of aromatic nitrogens is 2. The Bertz CT molecular complexity index is 548. The molecule has 1 unspecified atom stereocenters. The molecule has 3 rings (SSSR count). The van der Waals surface area contributed by atoms with E-state index in [0.717, 1.165) is 13.1 Å². The second-order valence-electron chi connectivity index (χ2n) is 5.10. The second-order valence-corrected chi connectivity index (χ2v) is 6.08. The highest BCUT2D eigenvalue weighted by Gasteiger charge is 2.24. The van der Waals surface area contributed by atoms with Crippen LogP contribution in [0.15, 0.2) is 29.9 Å². The molecule has 1 atom stereocenters. The Morgan fingerprint density at radius 3 is 3.00 bits per heavy atom. The molecule has 1 aliphatic rings. The summed E-state index contributed by atoms with van der Waals surface area (Å²) in [6.07, 6.45) is 5.71. The van der Waals surface area contributed by atoms with Gasteiger partial charge in [-0.05, 0) is 37.4 Å². The molecule has 112 valence electrons. The van der Waals surface area contributed by atoms with Crippen molar-refractivity contribution in [1.82, 2.24) is 20.4 Å². The van der Waals surface area contributed by atoms with Crippen molar-refractivity contribution in [2.45, 2.75) is 18.9 Å². The summed E-state index contributed by atoms with van der Waals surface area (Å²) >= 11 is 1.75. The van der Waals surface area contributed by atoms with Gasteiger partial charge in [0.15, 0.2) is 0 Å². The fourth-order valence-electron chi connectivity index (χ4n) is 2.63. The summed E-state index contributed by atoms with van der Waals surface area (Å²) < 4.78 is 0. The van der Waals surface area contributed by atoms with Crippen LogP contribution in [-0.2, 0) is 0 Å². The normalized spacial score (nSPS) is 16.8. The van der Waals surface area contributed by atoms with Gasteiger partial charge in [0.1, 0.15) is 0 Å². The van der Waals surface area contributed by atoms with Gasteiger partial charge in [0, 0.05) is 17.6 Å². The van der Waals surface area contributed by atoms with Crippen molar-refractivity contribution in [3.8, 4) is 0 Å². The van der Waals surface area contributed by atoms with Crippen LogP contribution in [0.2, 0.25) is 0 Å². The van der Waals surface area contributed by atoms with Crippen LogP contribution < -0.4 is 10.6 Å². The van der Waals surface area contributed by atoms with Crippen LogP contribution in [0.4, 0.5) is 10.5 Å². The molecule has 3 N–H and O–H groups in total. The van der Waals surface area contributed by atoms with E-state index in [0.29, 0.717) is 12.2 Å². The molecule has 0 aromatic carbocycles. The zero-order valence-corrected chi connectivity index (χ0v) is 12.5. The summed E-state index contributed by atoms with van der Waals surface area (Å²) in [5.41, 5.74) is 0.668. The van der Waals surface area contributed by atoms with Crippen molar-refractivity contribution in [2.75, 3.05) is 25.0 Å². The Morgan fingerprint density at radius 2 is 2.33 bits per heavy atom. The number of thiophene rings is 1. The number of H-pyrrole nitrogens is 1. The van der Waals surface area contributed by atoms with Gasteiger partial charge < -0.3 is 10.6 Å². The van der Waals surface area contributed by atoms with E-state index in [1.54, 1.807) is 23.7 Å². The number of carbonyl (C=O) groups excluding carboxylic acids is 1. The average Bonchev–Trinajstić information content (AvgIpc) is 3.23. The zero-order valence-electron chi connectivity index (χ0n) is 11.7. The van der Waals surface area contributed by atoms with Crippen molar-refractivity contribution in [3.05, 3.63) is 34.8 Å². The maximum atomic E-state index is 11.9. The van der Waals surface area contributed by atoms with Gasteiger partial charge in [0.05, 0.1) is 17.9 Å².